The quantitative estimate of drug-likeness (QED) is 0.463. The number of aliphatic hydroxyl groups is 1. The molecule has 1 saturated heterocycles. The number of aliphatic hydroxyl groups excluding tert-OH is 1. The van der Waals surface area contributed by atoms with Crippen LogP contribution in [0.4, 0.5) is 0 Å². The summed E-state index contributed by atoms with van der Waals surface area (Å²) in [4.78, 5) is 11.8. The Morgan fingerprint density at radius 1 is 1.58 bits per heavy atom. The second kappa shape index (κ2) is 5.74. The summed E-state index contributed by atoms with van der Waals surface area (Å²) in [6, 6.07) is 0. The molecule has 0 unspecified atom stereocenters. The molecule has 1 fully saturated rings. The highest BCUT2D eigenvalue weighted by Gasteiger charge is 2.14. The summed E-state index contributed by atoms with van der Waals surface area (Å²) >= 11 is 0. The summed E-state index contributed by atoms with van der Waals surface area (Å²) in [5.41, 5.74) is 0.176. The van der Waals surface area contributed by atoms with Crippen LogP contribution in [-0.2, 0) is 4.79 Å². The number of β-amino-alcohol motifs (C(OH)–C–C–N with tert-alkyl or cyclic N) is 1. The molecule has 0 aliphatic carbocycles. The summed E-state index contributed by atoms with van der Waals surface area (Å²) in [6.45, 7) is 8.19. The molecule has 0 aromatic carbocycles. The molecule has 0 amide bonds. The van der Waals surface area contributed by atoms with Gasteiger partial charge in [0, 0.05) is 25.2 Å². The molecule has 4 nitrogen and oxygen atoms in total. The monoisotopic (exact) mass is 173 g/mol. The van der Waals surface area contributed by atoms with Crippen LogP contribution in [0.1, 0.15) is 6.92 Å². The van der Waals surface area contributed by atoms with Crippen molar-refractivity contribution in [1.29, 1.82) is 0 Å². The third kappa shape index (κ3) is 7.24. The highest BCUT2D eigenvalue weighted by Crippen LogP contribution is 1.99. The van der Waals surface area contributed by atoms with Crippen molar-refractivity contribution in [2.24, 2.45) is 0 Å². The number of carboxylic acids is 1. The van der Waals surface area contributed by atoms with E-state index in [0.717, 1.165) is 6.54 Å². The van der Waals surface area contributed by atoms with Crippen molar-refractivity contribution in [3.8, 4) is 0 Å². The molecule has 1 aliphatic heterocycles. The SMILES string of the molecule is C=C(C)C(=O)O.OCCN1CC1. The van der Waals surface area contributed by atoms with Crippen LogP contribution in [0, 0.1) is 0 Å². The van der Waals surface area contributed by atoms with Gasteiger partial charge in [0.15, 0.2) is 0 Å². The standard InChI is InChI=1S/C4H9NO.C4H6O2/c6-4-3-5-1-2-5;1-3(2)4(5)6/h6H,1-4H2;1H2,2H3,(H,5,6). The van der Waals surface area contributed by atoms with E-state index in [1.165, 1.54) is 20.0 Å². The van der Waals surface area contributed by atoms with E-state index in [-0.39, 0.29) is 5.57 Å². The van der Waals surface area contributed by atoms with E-state index in [2.05, 4.69) is 11.5 Å². The number of nitrogens with zero attached hydrogens (tertiary/aromatic N) is 1. The van der Waals surface area contributed by atoms with E-state index in [0.29, 0.717) is 6.61 Å². The van der Waals surface area contributed by atoms with Crippen LogP contribution < -0.4 is 0 Å². The van der Waals surface area contributed by atoms with Crippen LogP contribution in [0.2, 0.25) is 0 Å². The van der Waals surface area contributed by atoms with Gasteiger partial charge < -0.3 is 10.2 Å². The van der Waals surface area contributed by atoms with Crippen molar-refractivity contribution in [3.63, 3.8) is 0 Å². The van der Waals surface area contributed by atoms with Gasteiger partial charge in [-0.05, 0) is 6.92 Å². The highest BCUT2D eigenvalue weighted by atomic mass is 16.4. The fourth-order valence-electron chi connectivity index (χ4n) is 0.436. The molecular weight excluding hydrogens is 158 g/mol. The normalized spacial score (nSPS) is 14.5. The van der Waals surface area contributed by atoms with E-state index in [4.69, 9.17) is 10.2 Å². The van der Waals surface area contributed by atoms with Crippen LogP contribution in [0.15, 0.2) is 12.2 Å². The van der Waals surface area contributed by atoms with Gasteiger partial charge in [-0.25, -0.2) is 4.79 Å². The first kappa shape index (κ1) is 11.1. The number of hydrogen-bond donors (Lipinski definition) is 2. The molecule has 12 heavy (non-hydrogen) atoms. The molecule has 0 aromatic rings. The number of rotatable bonds is 3. The highest BCUT2D eigenvalue weighted by molar-refractivity contribution is 5.84. The van der Waals surface area contributed by atoms with E-state index in [1.807, 2.05) is 0 Å². The summed E-state index contributed by atoms with van der Waals surface area (Å²) in [5, 5.41) is 16.1. The first-order valence-electron chi connectivity index (χ1n) is 3.80. The average molecular weight is 173 g/mol. The summed E-state index contributed by atoms with van der Waals surface area (Å²) in [7, 11) is 0. The largest absolute Gasteiger partial charge is 0.478 e. The summed E-state index contributed by atoms with van der Waals surface area (Å²) in [6.07, 6.45) is 0. The third-order valence-electron chi connectivity index (χ3n) is 1.32. The topological polar surface area (TPSA) is 60.5 Å². The molecule has 0 atom stereocenters. The Bertz CT molecular complexity index is 152. The van der Waals surface area contributed by atoms with Crippen LogP contribution in [0.3, 0.4) is 0 Å². The van der Waals surface area contributed by atoms with Crippen molar-refractivity contribution in [1.82, 2.24) is 4.90 Å². The van der Waals surface area contributed by atoms with E-state index in [1.54, 1.807) is 0 Å². The van der Waals surface area contributed by atoms with Crippen LogP contribution in [-0.4, -0.2) is 47.3 Å². The number of carboxylic acid groups (broad SMARTS) is 1. The maximum Gasteiger partial charge on any atom is 0.330 e. The smallest absolute Gasteiger partial charge is 0.330 e. The predicted molar refractivity (Wildman–Crippen MR) is 46.0 cm³/mol. The molecule has 4 heteroatoms. The van der Waals surface area contributed by atoms with Gasteiger partial charge in [-0.2, -0.15) is 0 Å². The van der Waals surface area contributed by atoms with Gasteiger partial charge in [-0.1, -0.05) is 6.58 Å². The molecule has 0 bridgehead atoms. The Kier molecular flexibility index (Phi) is 5.32. The van der Waals surface area contributed by atoms with Crippen LogP contribution in [0.25, 0.3) is 0 Å². The van der Waals surface area contributed by atoms with Crippen molar-refractivity contribution in [2.45, 2.75) is 6.92 Å². The van der Waals surface area contributed by atoms with Gasteiger partial charge in [0.1, 0.15) is 0 Å². The molecule has 0 saturated carbocycles. The van der Waals surface area contributed by atoms with Crippen LogP contribution in [0.5, 0.6) is 0 Å². The van der Waals surface area contributed by atoms with Gasteiger partial charge in [-0.15, -0.1) is 0 Å². The first-order chi connectivity index (χ1) is 5.57. The lowest BCUT2D eigenvalue weighted by Gasteiger charge is -1.88. The molecule has 0 radical (unpaired) electrons. The van der Waals surface area contributed by atoms with Crippen molar-refractivity contribution >= 4 is 5.97 Å². The van der Waals surface area contributed by atoms with E-state index < -0.39 is 5.97 Å². The lowest BCUT2D eigenvalue weighted by molar-refractivity contribution is -0.132. The number of hydrogen-bond acceptors (Lipinski definition) is 3. The predicted octanol–water partition coefficient (Wildman–Crippen LogP) is -0.0586. The zero-order chi connectivity index (χ0) is 9.56. The average Bonchev–Trinajstić information content (AvgIpc) is 2.73. The van der Waals surface area contributed by atoms with Crippen molar-refractivity contribution < 1.29 is 15.0 Å². The lowest BCUT2D eigenvalue weighted by Crippen LogP contribution is -2.02. The minimum absolute atomic E-state index is 0.176. The number of aliphatic carboxylic acids is 1. The van der Waals surface area contributed by atoms with Crippen molar-refractivity contribution in [2.75, 3.05) is 26.2 Å². The molecule has 1 rings (SSSR count). The van der Waals surface area contributed by atoms with Crippen molar-refractivity contribution in [3.05, 3.63) is 12.2 Å². The maximum absolute atomic E-state index is 9.60. The van der Waals surface area contributed by atoms with Crippen LogP contribution >= 0.6 is 0 Å². The molecule has 0 spiro atoms. The Balaban J connectivity index is 0.000000202. The molecule has 70 valence electrons. The fraction of sp³-hybridized carbons (Fsp3) is 0.625. The third-order valence-corrected chi connectivity index (χ3v) is 1.32. The zero-order valence-corrected chi connectivity index (χ0v) is 7.29. The van der Waals surface area contributed by atoms with E-state index >= 15 is 0 Å². The minimum atomic E-state index is -0.935. The first-order valence-corrected chi connectivity index (χ1v) is 3.80. The van der Waals surface area contributed by atoms with Gasteiger partial charge in [-0.3, -0.25) is 4.90 Å². The summed E-state index contributed by atoms with van der Waals surface area (Å²) in [5.74, 6) is -0.935. The Morgan fingerprint density at radius 2 is 2.00 bits per heavy atom. The maximum atomic E-state index is 9.60. The molecule has 1 aliphatic rings. The van der Waals surface area contributed by atoms with Gasteiger partial charge >= 0.3 is 5.97 Å². The molecular formula is C8H15NO3. The fourth-order valence-corrected chi connectivity index (χ4v) is 0.436. The van der Waals surface area contributed by atoms with Gasteiger partial charge in [0.25, 0.3) is 0 Å². The minimum Gasteiger partial charge on any atom is -0.478 e. The van der Waals surface area contributed by atoms with Gasteiger partial charge in [0.05, 0.1) is 6.61 Å². The molecule has 1 heterocycles. The Hall–Kier alpha value is -0.870. The summed E-state index contributed by atoms with van der Waals surface area (Å²) < 4.78 is 0. The molecule has 2 N–H and O–H groups in total. The second-order valence-corrected chi connectivity index (χ2v) is 2.65. The lowest BCUT2D eigenvalue weighted by atomic mass is 10.4. The van der Waals surface area contributed by atoms with Gasteiger partial charge in [0.2, 0.25) is 0 Å². The van der Waals surface area contributed by atoms with E-state index in [9.17, 15) is 4.79 Å². The Labute approximate surface area is 72.1 Å². The second-order valence-electron chi connectivity index (χ2n) is 2.65. The number of carbonyl (C=O) groups is 1. The molecule has 0 aromatic heterocycles. The zero-order valence-electron chi connectivity index (χ0n) is 7.29. The Morgan fingerprint density at radius 3 is 2.08 bits per heavy atom.